The zero-order valence-corrected chi connectivity index (χ0v) is 25.5. The van der Waals surface area contributed by atoms with Crippen molar-refractivity contribution in [2.75, 3.05) is 0 Å². The third-order valence-electron chi connectivity index (χ3n) is 9.54. The third kappa shape index (κ3) is 3.81. The summed E-state index contributed by atoms with van der Waals surface area (Å²) in [6.45, 7) is 0. The van der Waals surface area contributed by atoms with Crippen molar-refractivity contribution in [3.05, 3.63) is 170 Å². The Labute approximate surface area is 271 Å². The first-order chi connectivity index (χ1) is 23.3. The maximum absolute atomic E-state index is 6.80. The summed E-state index contributed by atoms with van der Waals surface area (Å²) in [4.78, 5) is 0. The number of hydrogen-bond acceptors (Lipinski definition) is 1. The molecule has 3 nitrogen and oxygen atoms in total. The number of nitrogens with zero attached hydrogens (tertiary/aromatic N) is 2. The SMILES string of the molecule is c1ccc(-n2c3ccccc3c3c(-c4ccc(-c5cccc6c5oc5c7ccccc7n(-c7ccccc7)c65)cc4)cccc32)cc1. The Morgan fingerprint density at radius 3 is 1.57 bits per heavy atom. The van der Waals surface area contributed by atoms with E-state index in [4.69, 9.17) is 4.42 Å². The second-order valence-corrected chi connectivity index (χ2v) is 12.1. The van der Waals surface area contributed by atoms with Crippen molar-refractivity contribution in [2.45, 2.75) is 0 Å². The Balaban J connectivity index is 1.14. The summed E-state index contributed by atoms with van der Waals surface area (Å²) in [5.41, 5.74) is 13.4. The summed E-state index contributed by atoms with van der Waals surface area (Å²) < 4.78 is 11.5. The van der Waals surface area contributed by atoms with Crippen LogP contribution in [0.5, 0.6) is 0 Å². The number of para-hydroxylation sites is 5. The maximum Gasteiger partial charge on any atom is 0.161 e. The van der Waals surface area contributed by atoms with Crippen molar-refractivity contribution in [1.82, 2.24) is 9.13 Å². The van der Waals surface area contributed by atoms with Crippen LogP contribution in [-0.2, 0) is 0 Å². The molecule has 0 bridgehead atoms. The van der Waals surface area contributed by atoms with Crippen LogP contribution in [0.4, 0.5) is 0 Å². The van der Waals surface area contributed by atoms with Crippen LogP contribution < -0.4 is 0 Å². The standard InChI is InChI=1S/C44H28N2O/c1-3-13-31(14-4-1)45-38-22-9-7-17-35(38)41-33(19-12-24-40(41)45)29-25-27-30(28-26-29)34-20-11-21-37-42-44(47-43(34)37)36-18-8-10-23-39(36)46(42)32-15-5-2-6-16-32/h1-28H. The number of furan rings is 1. The molecule has 0 fully saturated rings. The van der Waals surface area contributed by atoms with E-state index in [-0.39, 0.29) is 0 Å². The molecule has 0 aliphatic heterocycles. The van der Waals surface area contributed by atoms with Gasteiger partial charge in [-0.3, -0.25) is 0 Å². The highest BCUT2D eigenvalue weighted by Crippen LogP contribution is 2.43. The number of rotatable bonds is 4. The molecule has 3 aromatic heterocycles. The Morgan fingerprint density at radius 2 is 0.851 bits per heavy atom. The molecule has 0 saturated carbocycles. The Bertz CT molecular complexity index is 2760. The number of aromatic nitrogens is 2. The van der Waals surface area contributed by atoms with E-state index in [9.17, 15) is 0 Å². The molecule has 10 rings (SSSR count). The van der Waals surface area contributed by atoms with Gasteiger partial charge in [-0.1, -0.05) is 115 Å². The van der Waals surface area contributed by atoms with Crippen molar-refractivity contribution in [3.63, 3.8) is 0 Å². The van der Waals surface area contributed by atoms with Crippen molar-refractivity contribution in [3.8, 4) is 33.6 Å². The molecule has 0 spiro atoms. The first-order valence-corrected chi connectivity index (χ1v) is 16.0. The maximum atomic E-state index is 6.80. The van der Waals surface area contributed by atoms with E-state index in [0.717, 1.165) is 55.5 Å². The van der Waals surface area contributed by atoms with E-state index in [1.807, 2.05) is 0 Å². The van der Waals surface area contributed by atoms with Crippen LogP contribution in [0.1, 0.15) is 0 Å². The van der Waals surface area contributed by atoms with Crippen LogP contribution in [0.25, 0.3) is 88.4 Å². The quantitative estimate of drug-likeness (QED) is 0.197. The van der Waals surface area contributed by atoms with Gasteiger partial charge in [0.1, 0.15) is 11.1 Å². The van der Waals surface area contributed by atoms with Gasteiger partial charge in [-0.15, -0.1) is 0 Å². The molecule has 0 amide bonds. The van der Waals surface area contributed by atoms with Crippen molar-refractivity contribution < 1.29 is 4.42 Å². The molecule has 0 saturated heterocycles. The van der Waals surface area contributed by atoms with Gasteiger partial charge in [0, 0.05) is 38.5 Å². The molecule has 220 valence electrons. The fourth-order valence-corrected chi connectivity index (χ4v) is 7.51. The fraction of sp³-hybridized carbons (Fsp3) is 0. The molecule has 7 aromatic carbocycles. The highest BCUT2D eigenvalue weighted by Gasteiger charge is 2.21. The average molecular weight is 601 g/mol. The molecular weight excluding hydrogens is 572 g/mol. The summed E-state index contributed by atoms with van der Waals surface area (Å²) in [7, 11) is 0. The monoisotopic (exact) mass is 600 g/mol. The average Bonchev–Trinajstić information content (AvgIpc) is 3.80. The van der Waals surface area contributed by atoms with Crippen LogP contribution in [0.2, 0.25) is 0 Å². The summed E-state index contributed by atoms with van der Waals surface area (Å²) in [6.07, 6.45) is 0. The minimum Gasteiger partial charge on any atom is -0.453 e. The molecule has 0 atom stereocenters. The Kier molecular flexibility index (Phi) is 5.57. The lowest BCUT2D eigenvalue weighted by molar-refractivity contribution is 0.674. The van der Waals surface area contributed by atoms with Gasteiger partial charge in [-0.05, 0) is 71.3 Å². The van der Waals surface area contributed by atoms with Crippen molar-refractivity contribution in [1.29, 1.82) is 0 Å². The highest BCUT2D eigenvalue weighted by atomic mass is 16.3. The van der Waals surface area contributed by atoms with Gasteiger partial charge in [-0.2, -0.15) is 0 Å². The second kappa shape index (κ2) is 10.1. The summed E-state index contributed by atoms with van der Waals surface area (Å²) in [5.74, 6) is 0. The minimum absolute atomic E-state index is 0.911. The van der Waals surface area contributed by atoms with Crippen LogP contribution in [0, 0.1) is 0 Å². The molecule has 10 aromatic rings. The van der Waals surface area contributed by atoms with Gasteiger partial charge in [0.15, 0.2) is 5.58 Å². The predicted octanol–water partition coefficient (Wildman–Crippen LogP) is 12.0. The van der Waals surface area contributed by atoms with E-state index in [1.165, 1.54) is 32.9 Å². The first kappa shape index (κ1) is 26.0. The topological polar surface area (TPSA) is 23.0 Å². The molecule has 0 aliphatic rings. The van der Waals surface area contributed by atoms with Gasteiger partial charge in [-0.25, -0.2) is 0 Å². The summed E-state index contributed by atoms with van der Waals surface area (Å²) in [5, 5.41) is 4.75. The highest BCUT2D eigenvalue weighted by molar-refractivity contribution is 6.19. The van der Waals surface area contributed by atoms with E-state index in [2.05, 4.69) is 179 Å². The lowest BCUT2D eigenvalue weighted by Crippen LogP contribution is -1.93. The lowest BCUT2D eigenvalue weighted by atomic mass is 9.96. The minimum atomic E-state index is 0.911. The largest absolute Gasteiger partial charge is 0.453 e. The Morgan fingerprint density at radius 1 is 0.340 bits per heavy atom. The molecular formula is C44H28N2O. The summed E-state index contributed by atoms with van der Waals surface area (Å²) in [6, 6.07) is 60.5. The van der Waals surface area contributed by atoms with Gasteiger partial charge >= 0.3 is 0 Å². The lowest BCUT2D eigenvalue weighted by Gasteiger charge is -2.10. The van der Waals surface area contributed by atoms with Crippen molar-refractivity contribution in [2.24, 2.45) is 0 Å². The van der Waals surface area contributed by atoms with E-state index in [1.54, 1.807) is 0 Å². The van der Waals surface area contributed by atoms with E-state index < -0.39 is 0 Å². The molecule has 3 heterocycles. The normalized spacial score (nSPS) is 11.8. The zero-order valence-electron chi connectivity index (χ0n) is 25.5. The molecule has 3 heteroatoms. The van der Waals surface area contributed by atoms with Gasteiger partial charge in [0.2, 0.25) is 0 Å². The first-order valence-electron chi connectivity index (χ1n) is 16.0. The summed E-state index contributed by atoms with van der Waals surface area (Å²) >= 11 is 0. The van der Waals surface area contributed by atoms with E-state index >= 15 is 0 Å². The smallest absolute Gasteiger partial charge is 0.161 e. The van der Waals surface area contributed by atoms with Gasteiger partial charge in [0.25, 0.3) is 0 Å². The molecule has 0 aliphatic carbocycles. The second-order valence-electron chi connectivity index (χ2n) is 12.1. The van der Waals surface area contributed by atoms with Crippen molar-refractivity contribution >= 4 is 54.8 Å². The van der Waals surface area contributed by atoms with Crippen LogP contribution >= 0.6 is 0 Å². The third-order valence-corrected chi connectivity index (χ3v) is 9.54. The van der Waals surface area contributed by atoms with Crippen LogP contribution in [0.15, 0.2) is 174 Å². The van der Waals surface area contributed by atoms with Crippen LogP contribution in [0.3, 0.4) is 0 Å². The molecule has 0 N–H and O–H groups in total. The Hall–Kier alpha value is -6.32. The molecule has 47 heavy (non-hydrogen) atoms. The van der Waals surface area contributed by atoms with Crippen LogP contribution in [-0.4, -0.2) is 9.13 Å². The molecule has 0 unspecified atom stereocenters. The number of hydrogen-bond donors (Lipinski definition) is 0. The molecule has 0 radical (unpaired) electrons. The van der Waals surface area contributed by atoms with Gasteiger partial charge in [0.05, 0.1) is 16.6 Å². The zero-order chi connectivity index (χ0) is 30.9. The number of benzene rings is 7. The predicted molar refractivity (Wildman–Crippen MR) is 196 cm³/mol. The van der Waals surface area contributed by atoms with E-state index in [0.29, 0.717) is 0 Å². The van der Waals surface area contributed by atoms with Gasteiger partial charge < -0.3 is 13.6 Å². The number of fused-ring (bicyclic) bond motifs is 8. The fourth-order valence-electron chi connectivity index (χ4n) is 7.51.